The van der Waals surface area contributed by atoms with Gasteiger partial charge < -0.3 is 9.32 Å². The number of hydrogen-bond acceptors (Lipinski definition) is 4. The highest BCUT2D eigenvalue weighted by Crippen LogP contribution is 2.26. The highest BCUT2D eigenvalue weighted by Gasteiger charge is 2.31. The zero-order valence-corrected chi connectivity index (χ0v) is 17.3. The molecule has 1 aliphatic rings. The van der Waals surface area contributed by atoms with E-state index in [1.807, 2.05) is 0 Å². The summed E-state index contributed by atoms with van der Waals surface area (Å²) in [4.78, 5) is 14.2. The summed E-state index contributed by atoms with van der Waals surface area (Å²) in [5.41, 5.74) is 0.548. The van der Waals surface area contributed by atoms with Crippen LogP contribution in [0.1, 0.15) is 10.6 Å². The molecule has 1 amide bonds. The Kier molecular flexibility index (Phi) is 5.29. The molecule has 2 aromatic carbocycles. The minimum atomic E-state index is -3.83. The quantitative estimate of drug-likeness (QED) is 0.596. The van der Waals surface area contributed by atoms with Gasteiger partial charge in [0.25, 0.3) is 5.91 Å². The van der Waals surface area contributed by atoms with Crippen molar-refractivity contribution in [3.05, 3.63) is 64.1 Å². The Morgan fingerprint density at radius 2 is 1.72 bits per heavy atom. The van der Waals surface area contributed by atoms with Crippen LogP contribution in [0.15, 0.2) is 51.8 Å². The summed E-state index contributed by atoms with van der Waals surface area (Å²) in [5.74, 6) is -0.837. The monoisotopic (exact) mass is 456 g/mol. The second-order valence-electron chi connectivity index (χ2n) is 6.56. The number of rotatable bonds is 3. The fraction of sp³-hybridized carbons (Fsp3) is 0.211. The van der Waals surface area contributed by atoms with Gasteiger partial charge in [0.1, 0.15) is 11.4 Å². The molecule has 0 spiro atoms. The molecule has 0 unspecified atom stereocenters. The summed E-state index contributed by atoms with van der Waals surface area (Å²) in [6.45, 7) is 0.611. The Balaban J connectivity index is 1.48. The number of piperazine rings is 1. The molecule has 0 bridgehead atoms. The lowest BCUT2D eigenvalue weighted by Gasteiger charge is -2.33. The number of carbonyl (C=O) groups is 1. The third-order valence-corrected chi connectivity index (χ3v) is 7.16. The van der Waals surface area contributed by atoms with Crippen LogP contribution >= 0.6 is 23.2 Å². The first-order valence-corrected chi connectivity index (χ1v) is 10.9. The third kappa shape index (κ3) is 3.85. The first kappa shape index (κ1) is 20.2. The molecule has 0 aliphatic carbocycles. The molecule has 152 valence electrons. The van der Waals surface area contributed by atoms with Crippen LogP contribution in [0.5, 0.6) is 0 Å². The van der Waals surface area contributed by atoms with Gasteiger partial charge in [-0.2, -0.15) is 4.31 Å². The van der Waals surface area contributed by atoms with Crippen molar-refractivity contribution < 1.29 is 22.0 Å². The topological polar surface area (TPSA) is 70.8 Å². The molecular formula is C19H15Cl2FN2O4S. The predicted octanol–water partition coefficient (Wildman–Crippen LogP) is 4.03. The Hall–Kier alpha value is -2.13. The van der Waals surface area contributed by atoms with Gasteiger partial charge in [0.2, 0.25) is 10.0 Å². The van der Waals surface area contributed by atoms with Crippen molar-refractivity contribution >= 4 is 50.1 Å². The number of amides is 1. The van der Waals surface area contributed by atoms with Crippen molar-refractivity contribution in [3.63, 3.8) is 0 Å². The number of carbonyl (C=O) groups excluding carboxylic acids is 1. The van der Waals surface area contributed by atoms with Crippen LogP contribution in [0, 0.1) is 5.82 Å². The largest absolute Gasteiger partial charge is 0.451 e. The number of furan rings is 1. The van der Waals surface area contributed by atoms with Crippen molar-refractivity contribution in [1.82, 2.24) is 9.21 Å². The van der Waals surface area contributed by atoms with Gasteiger partial charge in [0.15, 0.2) is 5.76 Å². The Morgan fingerprint density at radius 1 is 1.00 bits per heavy atom. The molecule has 10 heteroatoms. The van der Waals surface area contributed by atoms with Gasteiger partial charge in [0.05, 0.1) is 9.92 Å². The molecular weight excluding hydrogens is 442 g/mol. The molecule has 1 aliphatic heterocycles. The van der Waals surface area contributed by atoms with Crippen LogP contribution < -0.4 is 0 Å². The predicted molar refractivity (Wildman–Crippen MR) is 107 cm³/mol. The minimum absolute atomic E-state index is 0.0853. The summed E-state index contributed by atoms with van der Waals surface area (Å²) in [6.07, 6.45) is 0. The van der Waals surface area contributed by atoms with E-state index in [4.69, 9.17) is 27.6 Å². The lowest BCUT2D eigenvalue weighted by atomic mass is 10.2. The molecule has 2 heterocycles. The van der Waals surface area contributed by atoms with Gasteiger partial charge in [-0.05, 0) is 42.5 Å². The average molecular weight is 457 g/mol. The molecule has 4 rings (SSSR count). The molecule has 29 heavy (non-hydrogen) atoms. The number of benzene rings is 2. The summed E-state index contributed by atoms with van der Waals surface area (Å²) < 4.78 is 45.7. The fourth-order valence-corrected chi connectivity index (χ4v) is 5.07. The van der Waals surface area contributed by atoms with E-state index in [0.717, 1.165) is 17.5 Å². The zero-order chi connectivity index (χ0) is 20.8. The van der Waals surface area contributed by atoms with Gasteiger partial charge >= 0.3 is 0 Å². The lowest BCUT2D eigenvalue weighted by molar-refractivity contribution is 0.0668. The molecule has 1 aromatic heterocycles. The number of halogens is 3. The second kappa shape index (κ2) is 7.60. The first-order valence-electron chi connectivity index (χ1n) is 8.69. The van der Waals surface area contributed by atoms with E-state index in [9.17, 15) is 17.6 Å². The Morgan fingerprint density at radius 3 is 2.41 bits per heavy atom. The molecule has 0 atom stereocenters. The van der Waals surface area contributed by atoms with E-state index in [2.05, 4.69) is 0 Å². The van der Waals surface area contributed by atoms with Crippen LogP contribution in [0.25, 0.3) is 11.0 Å². The maximum Gasteiger partial charge on any atom is 0.289 e. The molecule has 0 N–H and O–H groups in total. The van der Waals surface area contributed by atoms with Crippen molar-refractivity contribution in [2.75, 3.05) is 26.2 Å². The van der Waals surface area contributed by atoms with Crippen molar-refractivity contribution in [1.29, 1.82) is 0 Å². The number of fused-ring (bicyclic) bond motifs is 1. The van der Waals surface area contributed by atoms with Crippen LogP contribution in [0.2, 0.25) is 10.0 Å². The van der Waals surface area contributed by atoms with Crippen molar-refractivity contribution in [2.24, 2.45) is 0 Å². The van der Waals surface area contributed by atoms with E-state index in [-0.39, 0.29) is 47.8 Å². The zero-order valence-electron chi connectivity index (χ0n) is 14.9. The summed E-state index contributed by atoms with van der Waals surface area (Å²) in [5, 5.41) is 0.997. The Labute approximate surface area is 176 Å². The number of nitrogens with zero attached hydrogens (tertiary/aromatic N) is 2. The van der Waals surface area contributed by atoms with Gasteiger partial charge in [-0.3, -0.25) is 4.79 Å². The van der Waals surface area contributed by atoms with Crippen LogP contribution in [0.4, 0.5) is 4.39 Å². The molecule has 0 saturated carbocycles. The van der Waals surface area contributed by atoms with E-state index in [0.29, 0.717) is 10.6 Å². The van der Waals surface area contributed by atoms with E-state index < -0.39 is 15.8 Å². The minimum Gasteiger partial charge on any atom is -0.451 e. The maximum absolute atomic E-state index is 13.3. The molecule has 0 radical (unpaired) electrons. The van der Waals surface area contributed by atoms with Gasteiger partial charge in [-0.1, -0.05) is 23.2 Å². The standard InChI is InChI=1S/C19H15Cl2FN2O4S/c20-13-1-4-17-12(9-13)10-18(28-17)19(25)23-5-7-24(8-6-23)29(26,27)14-2-3-16(22)15(21)11-14/h1-4,9-11H,5-8H2. The van der Waals surface area contributed by atoms with E-state index in [1.165, 1.54) is 15.3 Å². The molecule has 1 saturated heterocycles. The second-order valence-corrected chi connectivity index (χ2v) is 9.35. The average Bonchev–Trinajstić information content (AvgIpc) is 3.12. The highest BCUT2D eigenvalue weighted by atomic mass is 35.5. The summed E-state index contributed by atoms with van der Waals surface area (Å²) in [7, 11) is -3.83. The van der Waals surface area contributed by atoms with Crippen molar-refractivity contribution in [2.45, 2.75) is 4.90 Å². The van der Waals surface area contributed by atoms with E-state index >= 15 is 0 Å². The SMILES string of the molecule is O=C(c1cc2cc(Cl)ccc2o1)N1CCN(S(=O)(=O)c2ccc(F)c(Cl)c2)CC1. The highest BCUT2D eigenvalue weighted by molar-refractivity contribution is 7.89. The third-order valence-electron chi connectivity index (χ3n) is 4.74. The normalized spacial score (nSPS) is 15.8. The smallest absolute Gasteiger partial charge is 0.289 e. The van der Waals surface area contributed by atoms with Gasteiger partial charge in [-0.25, -0.2) is 12.8 Å². The van der Waals surface area contributed by atoms with Gasteiger partial charge in [-0.15, -0.1) is 0 Å². The molecule has 3 aromatic rings. The maximum atomic E-state index is 13.3. The Bertz CT molecular complexity index is 1200. The first-order chi connectivity index (χ1) is 13.8. The lowest BCUT2D eigenvalue weighted by Crippen LogP contribution is -2.50. The van der Waals surface area contributed by atoms with Crippen molar-refractivity contribution in [3.8, 4) is 0 Å². The van der Waals surface area contributed by atoms with Crippen LogP contribution in [-0.2, 0) is 10.0 Å². The number of sulfonamides is 1. The summed E-state index contributed by atoms with van der Waals surface area (Å²) in [6, 6.07) is 9.96. The fourth-order valence-electron chi connectivity index (χ4n) is 3.19. The van der Waals surface area contributed by atoms with E-state index in [1.54, 1.807) is 24.3 Å². The van der Waals surface area contributed by atoms with Crippen LogP contribution in [-0.4, -0.2) is 49.7 Å². The van der Waals surface area contributed by atoms with Crippen LogP contribution in [0.3, 0.4) is 0 Å². The number of hydrogen-bond donors (Lipinski definition) is 0. The van der Waals surface area contributed by atoms with Gasteiger partial charge in [0, 0.05) is 36.6 Å². The molecule has 6 nitrogen and oxygen atoms in total. The molecule has 1 fully saturated rings. The summed E-state index contributed by atoms with van der Waals surface area (Å²) >= 11 is 11.7.